The van der Waals surface area contributed by atoms with Crippen LogP contribution in [-0.4, -0.2) is 48.3 Å². The third-order valence-corrected chi connectivity index (χ3v) is 11.1. The van der Waals surface area contributed by atoms with Crippen molar-refractivity contribution in [2.75, 3.05) is 19.0 Å². The Kier molecular flexibility index (Phi) is 8.81. The monoisotopic (exact) mass is 670 g/mol. The van der Waals surface area contributed by atoms with E-state index in [-0.39, 0.29) is 37.1 Å². The molecule has 0 aliphatic heterocycles. The number of halogens is 5. The molecular weight excluding hydrogens is 631 g/mol. The maximum Gasteiger partial charge on any atom is 0.456 e. The summed E-state index contributed by atoms with van der Waals surface area (Å²) >= 11 is 0. The summed E-state index contributed by atoms with van der Waals surface area (Å²) in [6.07, 6.45) is 0.645. The van der Waals surface area contributed by atoms with Crippen molar-refractivity contribution in [2.24, 2.45) is 17.3 Å². The van der Waals surface area contributed by atoms with Gasteiger partial charge in [0.2, 0.25) is 0 Å². The first kappa shape index (κ1) is 33.9. The highest BCUT2D eigenvalue weighted by molar-refractivity contribution is 5.93. The minimum Gasteiger partial charge on any atom is -0.497 e. The molecule has 6 rings (SSSR count). The van der Waals surface area contributed by atoms with Gasteiger partial charge in [-0.25, -0.2) is 4.79 Å². The lowest BCUT2D eigenvalue weighted by Gasteiger charge is -2.56. The summed E-state index contributed by atoms with van der Waals surface area (Å²) in [6.45, 7) is 1.66. The van der Waals surface area contributed by atoms with Crippen LogP contribution in [0.1, 0.15) is 68.9 Å². The highest BCUT2D eigenvalue weighted by atomic mass is 19.4. The molecule has 0 bridgehead atoms. The van der Waals surface area contributed by atoms with Crippen LogP contribution >= 0.6 is 0 Å². The van der Waals surface area contributed by atoms with Crippen LogP contribution in [0.15, 0.2) is 77.4 Å². The van der Waals surface area contributed by atoms with Crippen LogP contribution in [0.4, 0.5) is 32.4 Å². The van der Waals surface area contributed by atoms with Crippen LogP contribution in [0, 0.1) is 17.3 Å². The molecule has 11 heteroatoms. The van der Waals surface area contributed by atoms with Crippen molar-refractivity contribution in [2.45, 2.75) is 75.5 Å². The van der Waals surface area contributed by atoms with E-state index in [0.29, 0.717) is 37.1 Å². The predicted molar refractivity (Wildman–Crippen MR) is 172 cm³/mol. The van der Waals surface area contributed by atoms with E-state index in [1.807, 2.05) is 30.3 Å². The molecule has 2 amide bonds. The van der Waals surface area contributed by atoms with Gasteiger partial charge in [0.15, 0.2) is 5.78 Å². The predicted octanol–water partition coefficient (Wildman–Crippen LogP) is 8.36. The van der Waals surface area contributed by atoms with E-state index in [4.69, 9.17) is 4.74 Å². The number of ether oxygens (including phenoxy) is 1. The molecule has 0 radical (unpaired) electrons. The molecule has 256 valence electrons. The highest BCUT2D eigenvalue weighted by Gasteiger charge is 2.79. The number of alkyl halides is 5. The van der Waals surface area contributed by atoms with Crippen LogP contribution in [0.5, 0.6) is 5.75 Å². The number of hydrogen-bond acceptors (Lipinski definition) is 4. The molecular formula is C37H39F5N2O4. The van der Waals surface area contributed by atoms with Crippen LogP contribution in [0.25, 0.3) is 6.08 Å². The summed E-state index contributed by atoms with van der Waals surface area (Å²) in [7, 11) is 1.55. The fourth-order valence-corrected chi connectivity index (χ4v) is 8.75. The average Bonchev–Trinajstić information content (AvgIpc) is 3.33. The standard InChI is InChI=1S/C37H39F5N2O4/c1-34-21-30(23-7-5-22(6-8-23)4-3-19-43-33(46)44-25-10-13-27(48-2)14-11-25)32-28-16-12-26(45)20-24(28)9-15-29(32)31(34)17-18-35(34,47)36(38,39)37(40,41)42/h3-8,10-11,13-14,20,29-31,47H,9,12,15-19,21H2,1-2H3,(H2,43,44,46)/b4-3+/t29-,30+,31-,34-,35-/m0/s1. The number of benzene rings is 2. The number of allylic oxidation sites excluding steroid dienone is 4. The van der Waals surface area contributed by atoms with E-state index >= 15 is 8.78 Å². The lowest BCUT2D eigenvalue weighted by atomic mass is 9.50. The van der Waals surface area contributed by atoms with Crippen LogP contribution < -0.4 is 15.4 Å². The first-order chi connectivity index (χ1) is 22.7. The quantitative estimate of drug-likeness (QED) is 0.259. The summed E-state index contributed by atoms with van der Waals surface area (Å²) in [5, 5.41) is 16.9. The molecule has 4 aliphatic carbocycles. The van der Waals surface area contributed by atoms with Gasteiger partial charge in [0.25, 0.3) is 0 Å². The summed E-state index contributed by atoms with van der Waals surface area (Å²) in [4.78, 5) is 24.5. The Balaban J connectivity index is 1.24. The Labute approximate surface area is 276 Å². The first-order valence-corrected chi connectivity index (χ1v) is 16.3. The maximum absolute atomic E-state index is 15.2. The Hall–Kier alpha value is -3.99. The number of carbonyl (C=O) groups is 2. The molecule has 2 aromatic rings. The Morgan fingerprint density at radius 1 is 1.02 bits per heavy atom. The molecule has 3 N–H and O–H groups in total. The first-order valence-electron chi connectivity index (χ1n) is 16.3. The molecule has 4 aliphatic rings. The molecule has 2 aromatic carbocycles. The van der Waals surface area contributed by atoms with Crippen LogP contribution in [-0.2, 0) is 4.79 Å². The van der Waals surface area contributed by atoms with E-state index in [1.54, 1.807) is 43.5 Å². The van der Waals surface area contributed by atoms with Gasteiger partial charge in [-0.1, -0.05) is 48.9 Å². The van der Waals surface area contributed by atoms with E-state index in [9.17, 15) is 27.9 Å². The van der Waals surface area contributed by atoms with Crippen molar-refractivity contribution in [3.63, 3.8) is 0 Å². The molecule has 5 atom stereocenters. The lowest BCUT2D eigenvalue weighted by molar-refractivity contribution is -0.362. The van der Waals surface area contributed by atoms with E-state index in [0.717, 1.165) is 27.8 Å². The Morgan fingerprint density at radius 2 is 1.73 bits per heavy atom. The van der Waals surface area contributed by atoms with Crippen molar-refractivity contribution in [3.05, 3.63) is 88.5 Å². The van der Waals surface area contributed by atoms with Gasteiger partial charge in [0.05, 0.1) is 7.11 Å². The molecule has 0 spiro atoms. The van der Waals surface area contributed by atoms with E-state index in [1.165, 1.54) is 6.92 Å². The zero-order chi connectivity index (χ0) is 34.5. The van der Waals surface area contributed by atoms with Crippen LogP contribution in [0.2, 0.25) is 0 Å². The lowest BCUT2D eigenvalue weighted by Crippen LogP contribution is -2.65. The molecule has 0 heterocycles. The molecule has 0 unspecified atom stereocenters. The van der Waals surface area contributed by atoms with Gasteiger partial charge in [-0.3, -0.25) is 4.79 Å². The number of nitrogens with one attached hydrogen (secondary N) is 2. The van der Waals surface area contributed by atoms with Crippen molar-refractivity contribution in [3.8, 4) is 5.75 Å². The molecule has 0 aromatic heterocycles. The third-order valence-electron chi connectivity index (χ3n) is 11.1. The van der Waals surface area contributed by atoms with Gasteiger partial charge in [-0.05, 0) is 103 Å². The average molecular weight is 671 g/mol. The van der Waals surface area contributed by atoms with Gasteiger partial charge in [-0.2, -0.15) is 22.0 Å². The molecule has 0 saturated heterocycles. The van der Waals surface area contributed by atoms with Gasteiger partial charge < -0.3 is 20.5 Å². The number of carbonyl (C=O) groups excluding carboxylic acids is 2. The number of anilines is 1. The SMILES string of the molecule is COc1ccc(NC(=O)NC/C=C/c2ccc([C@H]3C[C@@]4(C)[C@@H](CC[C@@]4(O)C(F)(F)C(F)(F)F)[C@@H]4CCC5=CC(=O)CCC5=C43)cc2)cc1. The maximum atomic E-state index is 15.2. The minimum atomic E-state index is -5.89. The van der Waals surface area contributed by atoms with Crippen molar-refractivity contribution in [1.82, 2.24) is 5.32 Å². The zero-order valence-corrected chi connectivity index (χ0v) is 26.8. The molecule has 48 heavy (non-hydrogen) atoms. The normalized spacial score (nSPS) is 28.8. The second-order valence-electron chi connectivity index (χ2n) is 13.6. The second-order valence-corrected chi connectivity index (χ2v) is 13.6. The number of urea groups is 1. The van der Waals surface area contributed by atoms with E-state index < -0.39 is 41.4 Å². The fraction of sp³-hybridized carbons (Fsp3) is 0.459. The largest absolute Gasteiger partial charge is 0.497 e. The Bertz CT molecular complexity index is 1660. The number of hydrogen-bond donors (Lipinski definition) is 3. The van der Waals surface area contributed by atoms with Crippen molar-refractivity contribution < 1.29 is 41.4 Å². The molecule has 6 nitrogen and oxygen atoms in total. The second kappa shape index (κ2) is 12.5. The third kappa shape index (κ3) is 5.73. The van der Waals surface area contributed by atoms with Gasteiger partial charge >= 0.3 is 18.1 Å². The minimum absolute atomic E-state index is 0.0360. The van der Waals surface area contributed by atoms with Gasteiger partial charge in [-0.15, -0.1) is 0 Å². The van der Waals surface area contributed by atoms with E-state index in [2.05, 4.69) is 10.6 Å². The zero-order valence-electron chi connectivity index (χ0n) is 26.8. The molecule has 2 fully saturated rings. The summed E-state index contributed by atoms with van der Waals surface area (Å²) in [5.74, 6) is -5.90. The number of fused-ring (bicyclic) bond motifs is 4. The summed E-state index contributed by atoms with van der Waals surface area (Å²) < 4.78 is 77.0. The number of methoxy groups -OCH3 is 1. The highest BCUT2D eigenvalue weighted by Crippen LogP contribution is 2.70. The smallest absolute Gasteiger partial charge is 0.456 e. The fourth-order valence-electron chi connectivity index (χ4n) is 8.75. The van der Waals surface area contributed by atoms with Crippen molar-refractivity contribution in [1.29, 1.82) is 0 Å². The topological polar surface area (TPSA) is 87.7 Å². The van der Waals surface area contributed by atoms with Gasteiger partial charge in [0.1, 0.15) is 11.4 Å². The number of amides is 2. The Morgan fingerprint density at radius 3 is 2.40 bits per heavy atom. The number of aliphatic hydroxyl groups is 1. The number of rotatable bonds is 7. The summed E-state index contributed by atoms with van der Waals surface area (Å²) in [6, 6.07) is 13.9. The summed E-state index contributed by atoms with van der Waals surface area (Å²) in [5.41, 5.74) is 0.212. The molecule has 2 saturated carbocycles. The van der Waals surface area contributed by atoms with Crippen LogP contribution in [0.3, 0.4) is 0 Å². The number of ketones is 1. The van der Waals surface area contributed by atoms with Crippen molar-refractivity contribution >= 4 is 23.6 Å². The van der Waals surface area contributed by atoms with Gasteiger partial charge in [0, 0.05) is 30.0 Å².